The quantitative estimate of drug-likeness (QED) is 0.747. The maximum Gasteiger partial charge on any atom is 0.511 e. The second kappa shape index (κ2) is 3.93. The molecule has 0 saturated carbocycles. The van der Waals surface area contributed by atoms with E-state index in [4.69, 9.17) is 10.8 Å². The van der Waals surface area contributed by atoms with Gasteiger partial charge in [-0.3, -0.25) is 0 Å². The molecule has 0 aliphatic heterocycles. The number of aromatic nitrogens is 2. The number of hydrogen-bond donors (Lipinski definition) is 2. The number of anilines is 1. The van der Waals surface area contributed by atoms with Crippen LogP contribution in [0.4, 0.5) is 10.6 Å². The number of nitrogens with two attached hydrogens (primary N) is 1. The number of carboxylic acid groups (broad SMARTS) is 1. The van der Waals surface area contributed by atoms with Crippen LogP contribution in [0, 0.1) is 0 Å². The highest BCUT2D eigenvalue weighted by Crippen LogP contribution is 2.23. The summed E-state index contributed by atoms with van der Waals surface area (Å²) >= 11 is 0. The molecule has 0 aliphatic carbocycles. The van der Waals surface area contributed by atoms with E-state index in [1.165, 1.54) is 10.9 Å². The number of nitrogen functional groups attached to an aromatic ring is 1. The first-order chi connectivity index (χ1) is 7.68. The minimum absolute atomic E-state index is 0.0244. The van der Waals surface area contributed by atoms with Gasteiger partial charge in [-0.25, -0.2) is 9.48 Å². The van der Waals surface area contributed by atoms with Gasteiger partial charge in [0.25, 0.3) is 0 Å². The van der Waals surface area contributed by atoms with Gasteiger partial charge in [-0.2, -0.15) is 5.10 Å². The first kappa shape index (κ1) is 10.0. The number of para-hydroxylation sites is 1. The summed E-state index contributed by atoms with van der Waals surface area (Å²) in [4.78, 5) is 10.4. The molecule has 6 heteroatoms. The van der Waals surface area contributed by atoms with E-state index >= 15 is 0 Å². The summed E-state index contributed by atoms with van der Waals surface area (Å²) in [7, 11) is 0. The largest absolute Gasteiger partial charge is 0.511 e. The topological polar surface area (TPSA) is 90.4 Å². The number of carbonyl (C=O) groups is 1. The zero-order valence-corrected chi connectivity index (χ0v) is 8.20. The minimum Gasteiger partial charge on any atom is -0.449 e. The van der Waals surface area contributed by atoms with Gasteiger partial charge < -0.3 is 15.6 Å². The fourth-order valence-electron chi connectivity index (χ4n) is 1.29. The van der Waals surface area contributed by atoms with E-state index in [1.807, 2.05) is 18.2 Å². The van der Waals surface area contributed by atoms with Gasteiger partial charge in [-0.05, 0) is 12.1 Å². The molecule has 0 saturated heterocycles. The molecule has 0 aliphatic rings. The summed E-state index contributed by atoms with van der Waals surface area (Å²) in [6.07, 6.45) is -0.157. The molecule has 2 rings (SSSR count). The summed E-state index contributed by atoms with van der Waals surface area (Å²) in [5.41, 5.74) is 6.43. The molecule has 16 heavy (non-hydrogen) atoms. The van der Waals surface area contributed by atoms with E-state index in [9.17, 15) is 4.79 Å². The Kier molecular flexibility index (Phi) is 2.47. The maximum absolute atomic E-state index is 10.4. The Balaban J connectivity index is 2.37. The summed E-state index contributed by atoms with van der Waals surface area (Å²) < 4.78 is 5.86. The fourth-order valence-corrected chi connectivity index (χ4v) is 1.29. The Hall–Kier alpha value is -2.50. The molecule has 0 unspecified atom stereocenters. The molecule has 1 aromatic carbocycles. The normalized spacial score (nSPS) is 10.0. The lowest BCUT2D eigenvalue weighted by Gasteiger charge is -2.03. The smallest absolute Gasteiger partial charge is 0.449 e. The average Bonchev–Trinajstić information content (AvgIpc) is 2.61. The highest BCUT2D eigenvalue weighted by molar-refractivity contribution is 5.65. The van der Waals surface area contributed by atoms with Crippen molar-refractivity contribution in [2.45, 2.75) is 0 Å². The molecule has 1 aromatic heterocycles. The van der Waals surface area contributed by atoms with E-state index in [1.54, 1.807) is 12.1 Å². The van der Waals surface area contributed by atoms with Crippen molar-refractivity contribution in [2.75, 3.05) is 5.73 Å². The van der Waals surface area contributed by atoms with Crippen molar-refractivity contribution in [3.63, 3.8) is 0 Å². The third kappa shape index (κ3) is 1.81. The first-order valence-electron chi connectivity index (χ1n) is 4.48. The Morgan fingerprint density at radius 2 is 2.06 bits per heavy atom. The van der Waals surface area contributed by atoms with E-state index in [-0.39, 0.29) is 11.6 Å². The van der Waals surface area contributed by atoms with E-state index < -0.39 is 6.16 Å². The van der Waals surface area contributed by atoms with Gasteiger partial charge in [0.2, 0.25) is 0 Å². The number of benzene rings is 1. The van der Waals surface area contributed by atoms with Crippen molar-refractivity contribution >= 4 is 12.0 Å². The van der Waals surface area contributed by atoms with Crippen molar-refractivity contribution in [1.82, 2.24) is 9.78 Å². The Labute approximate surface area is 90.9 Å². The van der Waals surface area contributed by atoms with Crippen molar-refractivity contribution in [3.8, 4) is 11.4 Å². The second-order valence-electron chi connectivity index (χ2n) is 3.01. The van der Waals surface area contributed by atoms with E-state index in [0.29, 0.717) is 0 Å². The fraction of sp³-hybridized carbons (Fsp3) is 0. The van der Waals surface area contributed by atoms with Crippen LogP contribution in [0.5, 0.6) is 5.75 Å². The minimum atomic E-state index is -1.42. The molecule has 0 radical (unpaired) electrons. The van der Waals surface area contributed by atoms with Crippen molar-refractivity contribution in [2.24, 2.45) is 0 Å². The van der Waals surface area contributed by atoms with Gasteiger partial charge >= 0.3 is 6.16 Å². The van der Waals surface area contributed by atoms with Crippen molar-refractivity contribution in [3.05, 3.63) is 36.5 Å². The van der Waals surface area contributed by atoms with Crippen molar-refractivity contribution in [1.29, 1.82) is 0 Å². The van der Waals surface area contributed by atoms with Gasteiger partial charge in [-0.1, -0.05) is 18.2 Å². The molecule has 0 amide bonds. The predicted octanol–water partition coefficient (Wildman–Crippen LogP) is 1.51. The standard InChI is InChI=1S/C10H9N3O3/c11-9-8(16-10(14)15)6-12-13(9)7-4-2-1-3-5-7/h1-6H,11H2,(H,14,15). The zero-order valence-electron chi connectivity index (χ0n) is 8.20. The Morgan fingerprint density at radius 3 is 2.69 bits per heavy atom. The lowest BCUT2D eigenvalue weighted by molar-refractivity contribution is 0.144. The zero-order chi connectivity index (χ0) is 11.5. The van der Waals surface area contributed by atoms with Crippen molar-refractivity contribution < 1.29 is 14.6 Å². The molecule has 1 heterocycles. The summed E-state index contributed by atoms with van der Waals surface area (Å²) in [5.74, 6) is 0.171. The van der Waals surface area contributed by atoms with Crippen LogP contribution in [0.3, 0.4) is 0 Å². The molecule has 0 atom stereocenters. The third-order valence-electron chi connectivity index (χ3n) is 1.97. The van der Waals surface area contributed by atoms with Crippen LogP contribution in [-0.2, 0) is 0 Å². The van der Waals surface area contributed by atoms with Gasteiger partial charge in [0.05, 0.1) is 11.9 Å². The van der Waals surface area contributed by atoms with Gasteiger partial charge in [0.1, 0.15) is 0 Å². The predicted molar refractivity (Wildman–Crippen MR) is 56.6 cm³/mol. The lowest BCUT2D eigenvalue weighted by Crippen LogP contribution is -2.06. The summed E-state index contributed by atoms with van der Waals surface area (Å²) in [6, 6.07) is 9.11. The van der Waals surface area contributed by atoms with Crippen LogP contribution in [0.25, 0.3) is 5.69 Å². The second-order valence-corrected chi connectivity index (χ2v) is 3.01. The molecule has 0 fully saturated rings. The molecule has 82 valence electrons. The molecular weight excluding hydrogens is 210 g/mol. The molecule has 0 spiro atoms. The van der Waals surface area contributed by atoms with Gasteiger partial charge in [-0.15, -0.1) is 0 Å². The summed E-state index contributed by atoms with van der Waals surface area (Å²) in [6.45, 7) is 0. The van der Waals surface area contributed by atoms with E-state index in [0.717, 1.165) is 5.69 Å². The highest BCUT2D eigenvalue weighted by Gasteiger charge is 2.12. The average molecular weight is 219 g/mol. The van der Waals surface area contributed by atoms with Crippen LogP contribution in [-0.4, -0.2) is 21.0 Å². The van der Waals surface area contributed by atoms with E-state index in [2.05, 4.69) is 9.84 Å². The maximum atomic E-state index is 10.4. The summed E-state index contributed by atoms with van der Waals surface area (Å²) in [5, 5.41) is 12.4. The molecule has 0 bridgehead atoms. The monoisotopic (exact) mass is 219 g/mol. The third-order valence-corrected chi connectivity index (χ3v) is 1.97. The number of nitrogens with zero attached hydrogens (tertiary/aromatic N) is 2. The molecule has 6 nitrogen and oxygen atoms in total. The molecular formula is C10H9N3O3. The van der Waals surface area contributed by atoms with Crippen LogP contribution in [0.15, 0.2) is 36.5 Å². The van der Waals surface area contributed by atoms with Crippen LogP contribution in [0.1, 0.15) is 0 Å². The van der Waals surface area contributed by atoms with Crippen LogP contribution >= 0.6 is 0 Å². The Bertz CT molecular complexity index is 507. The number of ether oxygens (including phenoxy) is 1. The Morgan fingerprint density at radius 1 is 1.38 bits per heavy atom. The van der Waals surface area contributed by atoms with Gasteiger partial charge in [0.15, 0.2) is 11.6 Å². The van der Waals surface area contributed by atoms with Crippen LogP contribution < -0.4 is 10.5 Å². The molecule has 3 N–H and O–H groups in total. The van der Waals surface area contributed by atoms with Gasteiger partial charge in [0, 0.05) is 0 Å². The highest BCUT2D eigenvalue weighted by atomic mass is 16.7. The first-order valence-corrected chi connectivity index (χ1v) is 4.48. The number of rotatable bonds is 2. The van der Waals surface area contributed by atoms with Crippen LogP contribution in [0.2, 0.25) is 0 Å². The number of hydrogen-bond acceptors (Lipinski definition) is 4. The molecule has 2 aromatic rings. The SMILES string of the molecule is Nc1c(OC(=O)O)cnn1-c1ccccc1. The lowest BCUT2D eigenvalue weighted by atomic mass is 10.3.